The first kappa shape index (κ1) is 26.7. The highest BCUT2D eigenvalue weighted by Gasteiger charge is 2.30. The van der Waals surface area contributed by atoms with Gasteiger partial charge in [-0.1, -0.05) is 32.4 Å². The third-order valence-corrected chi connectivity index (χ3v) is 5.08. The van der Waals surface area contributed by atoms with Crippen molar-refractivity contribution >= 4 is 23.7 Å². The lowest BCUT2D eigenvalue weighted by atomic mass is 9.96. The molecular formula is C21H34N6O5. The molecule has 0 radical (unpaired) electrons. The Bertz CT molecular complexity index is 794. The molecule has 0 heterocycles. The average Bonchev–Trinajstić information content (AvgIpc) is 2.74. The van der Waals surface area contributed by atoms with Crippen LogP contribution >= 0.6 is 0 Å². The number of phenols is 1. The molecule has 0 aromatic heterocycles. The van der Waals surface area contributed by atoms with Gasteiger partial charge in [-0.15, -0.1) is 0 Å². The second kappa shape index (κ2) is 13.2. The van der Waals surface area contributed by atoms with Gasteiger partial charge in [0.05, 0.1) is 6.04 Å². The molecule has 0 saturated heterocycles. The van der Waals surface area contributed by atoms with Crippen LogP contribution in [0.1, 0.15) is 38.7 Å². The number of aliphatic carboxylic acids is 1. The van der Waals surface area contributed by atoms with E-state index in [4.69, 9.17) is 17.2 Å². The SMILES string of the molecule is CC[C@H](C)[C@H](NC(=O)[C@@H](N)Cc1ccc(O)cc1)C(=O)N[C@@H](CCCN=C(N)N)C(=O)O. The molecule has 0 unspecified atom stereocenters. The summed E-state index contributed by atoms with van der Waals surface area (Å²) in [6.07, 6.45) is 1.27. The summed E-state index contributed by atoms with van der Waals surface area (Å²) in [7, 11) is 0. The summed E-state index contributed by atoms with van der Waals surface area (Å²) in [5.74, 6) is -2.56. The fourth-order valence-electron chi connectivity index (χ4n) is 2.96. The van der Waals surface area contributed by atoms with Crippen molar-refractivity contribution in [1.29, 1.82) is 0 Å². The Morgan fingerprint density at radius 1 is 1.09 bits per heavy atom. The highest BCUT2D eigenvalue weighted by atomic mass is 16.4. The van der Waals surface area contributed by atoms with Gasteiger partial charge >= 0.3 is 5.97 Å². The summed E-state index contributed by atoms with van der Waals surface area (Å²) in [6.45, 7) is 3.88. The molecule has 4 atom stereocenters. The van der Waals surface area contributed by atoms with Crippen LogP contribution in [-0.4, -0.2) is 58.6 Å². The topological polar surface area (TPSA) is 206 Å². The molecule has 0 aliphatic rings. The van der Waals surface area contributed by atoms with Gasteiger partial charge in [0.25, 0.3) is 0 Å². The molecule has 32 heavy (non-hydrogen) atoms. The number of aliphatic imine (C=N–C) groups is 1. The van der Waals surface area contributed by atoms with Gasteiger partial charge in [-0.25, -0.2) is 4.79 Å². The lowest BCUT2D eigenvalue weighted by molar-refractivity contribution is -0.142. The van der Waals surface area contributed by atoms with E-state index in [-0.39, 0.29) is 37.0 Å². The zero-order valence-corrected chi connectivity index (χ0v) is 18.5. The molecule has 0 saturated carbocycles. The van der Waals surface area contributed by atoms with E-state index in [1.54, 1.807) is 19.1 Å². The van der Waals surface area contributed by atoms with E-state index >= 15 is 0 Å². The molecule has 10 N–H and O–H groups in total. The molecular weight excluding hydrogens is 416 g/mol. The second-order valence-electron chi connectivity index (χ2n) is 7.70. The van der Waals surface area contributed by atoms with E-state index in [0.717, 1.165) is 5.56 Å². The van der Waals surface area contributed by atoms with Gasteiger partial charge in [-0.3, -0.25) is 14.6 Å². The normalized spacial score (nSPS) is 14.5. The number of hydrogen-bond acceptors (Lipinski definition) is 6. The number of aromatic hydroxyl groups is 1. The highest BCUT2D eigenvalue weighted by Crippen LogP contribution is 2.13. The van der Waals surface area contributed by atoms with Crippen LogP contribution in [0.4, 0.5) is 0 Å². The van der Waals surface area contributed by atoms with Crippen LogP contribution in [-0.2, 0) is 20.8 Å². The fourth-order valence-corrected chi connectivity index (χ4v) is 2.96. The monoisotopic (exact) mass is 450 g/mol. The lowest BCUT2D eigenvalue weighted by Gasteiger charge is -2.26. The Morgan fingerprint density at radius 2 is 1.72 bits per heavy atom. The number of hydrogen-bond donors (Lipinski definition) is 7. The molecule has 0 aliphatic heterocycles. The molecule has 0 aliphatic carbocycles. The molecule has 178 valence electrons. The quantitative estimate of drug-likeness (QED) is 0.117. The van der Waals surface area contributed by atoms with Crippen LogP contribution in [0.15, 0.2) is 29.3 Å². The van der Waals surface area contributed by atoms with Crippen LogP contribution in [0.3, 0.4) is 0 Å². The van der Waals surface area contributed by atoms with Crippen molar-refractivity contribution < 1.29 is 24.6 Å². The average molecular weight is 451 g/mol. The number of nitrogens with two attached hydrogens (primary N) is 3. The van der Waals surface area contributed by atoms with E-state index in [9.17, 15) is 24.6 Å². The number of carboxylic acid groups (broad SMARTS) is 1. The van der Waals surface area contributed by atoms with Crippen molar-refractivity contribution in [2.24, 2.45) is 28.1 Å². The summed E-state index contributed by atoms with van der Waals surface area (Å²) in [5, 5.41) is 23.9. The van der Waals surface area contributed by atoms with Gasteiger partial charge in [0, 0.05) is 6.54 Å². The van der Waals surface area contributed by atoms with E-state index in [2.05, 4.69) is 15.6 Å². The number of nitrogens with zero attached hydrogens (tertiary/aromatic N) is 1. The van der Waals surface area contributed by atoms with Gasteiger partial charge < -0.3 is 38.0 Å². The number of carbonyl (C=O) groups is 3. The molecule has 1 aromatic rings. The molecule has 2 amide bonds. The smallest absolute Gasteiger partial charge is 0.326 e. The third-order valence-electron chi connectivity index (χ3n) is 5.08. The Hall–Kier alpha value is -3.34. The Balaban J connectivity index is 2.78. The third kappa shape index (κ3) is 9.21. The van der Waals surface area contributed by atoms with Crippen LogP contribution in [0.2, 0.25) is 0 Å². The maximum Gasteiger partial charge on any atom is 0.326 e. The Morgan fingerprint density at radius 3 is 2.25 bits per heavy atom. The first-order valence-corrected chi connectivity index (χ1v) is 10.5. The minimum Gasteiger partial charge on any atom is -0.508 e. The molecule has 11 heteroatoms. The molecule has 1 rings (SSSR count). The van der Waals surface area contributed by atoms with Gasteiger partial charge in [0.2, 0.25) is 11.8 Å². The predicted octanol–water partition coefficient (Wildman–Crippen LogP) is -0.584. The van der Waals surface area contributed by atoms with E-state index in [1.165, 1.54) is 12.1 Å². The van der Waals surface area contributed by atoms with Crippen LogP contribution in [0, 0.1) is 5.92 Å². The van der Waals surface area contributed by atoms with E-state index in [1.807, 2.05) is 6.92 Å². The lowest BCUT2D eigenvalue weighted by Crippen LogP contribution is -2.56. The van der Waals surface area contributed by atoms with Crippen molar-refractivity contribution in [2.45, 2.75) is 57.7 Å². The molecule has 0 fully saturated rings. The van der Waals surface area contributed by atoms with Crippen molar-refractivity contribution in [1.82, 2.24) is 10.6 Å². The molecule has 0 spiro atoms. The van der Waals surface area contributed by atoms with Gasteiger partial charge in [0.15, 0.2) is 5.96 Å². The fraction of sp³-hybridized carbons (Fsp3) is 0.524. The molecule has 11 nitrogen and oxygen atoms in total. The van der Waals surface area contributed by atoms with Gasteiger partial charge in [-0.2, -0.15) is 0 Å². The zero-order valence-electron chi connectivity index (χ0n) is 18.5. The van der Waals surface area contributed by atoms with Crippen molar-refractivity contribution in [2.75, 3.05) is 6.54 Å². The zero-order chi connectivity index (χ0) is 24.3. The van der Waals surface area contributed by atoms with Crippen LogP contribution in [0.25, 0.3) is 0 Å². The van der Waals surface area contributed by atoms with E-state index < -0.39 is 35.9 Å². The number of amides is 2. The predicted molar refractivity (Wildman–Crippen MR) is 121 cm³/mol. The highest BCUT2D eigenvalue weighted by molar-refractivity contribution is 5.92. The standard InChI is InChI=1S/C21H34N6O5/c1-3-12(2)17(19(30)26-16(20(31)32)5-4-10-25-21(23)24)27-18(29)15(22)11-13-6-8-14(28)9-7-13/h6-9,12,15-17,28H,3-5,10-11,22H2,1-2H3,(H,26,30)(H,27,29)(H,31,32)(H4,23,24,25)/t12-,15-,16-,17-/m0/s1. The Kier molecular flexibility index (Phi) is 11.0. The molecule has 0 bridgehead atoms. The second-order valence-corrected chi connectivity index (χ2v) is 7.70. The van der Waals surface area contributed by atoms with Crippen molar-refractivity contribution in [3.63, 3.8) is 0 Å². The largest absolute Gasteiger partial charge is 0.508 e. The van der Waals surface area contributed by atoms with Crippen molar-refractivity contribution in [3.05, 3.63) is 29.8 Å². The summed E-state index contributed by atoms with van der Waals surface area (Å²) in [5.41, 5.74) is 17.2. The van der Waals surface area contributed by atoms with E-state index in [0.29, 0.717) is 12.8 Å². The van der Waals surface area contributed by atoms with Gasteiger partial charge in [0.1, 0.15) is 17.8 Å². The first-order valence-electron chi connectivity index (χ1n) is 10.5. The van der Waals surface area contributed by atoms with Crippen LogP contribution in [0.5, 0.6) is 5.75 Å². The number of carbonyl (C=O) groups excluding carboxylic acids is 2. The summed E-state index contributed by atoms with van der Waals surface area (Å²) >= 11 is 0. The summed E-state index contributed by atoms with van der Waals surface area (Å²) < 4.78 is 0. The number of guanidine groups is 1. The summed E-state index contributed by atoms with van der Waals surface area (Å²) in [6, 6.07) is 3.28. The first-order chi connectivity index (χ1) is 15.0. The van der Waals surface area contributed by atoms with Gasteiger partial charge in [-0.05, 0) is 42.9 Å². The number of nitrogens with one attached hydrogen (secondary N) is 2. The maximum absolute atomic E-state index is 12.8. The summed E-state index contributed by atoms with van der Waals surface area (Å²) in [4.78, 5) is 40.8. The minimum atomic E-state index is -1.19. The Labute approximate surface area is 187 Å². The minimum absolute atomic E-state index is 0.0934. The molecule has 1 aromatic carbocycles. The number of carboxylic acids is 1. The number of phenolic OH excluding ortho intramolecular Hbond substituents is 1. The van der Waals surface area contributed by atoms with Crippen LogP contribution < -0.4 is 27.8 Å². The van der Waals surface area contributed by atoms with Crippen molar-refractivity contribution in [3.8, 4) is 5.75 Å². The number of rotatable bonds is 13. The number of benzene rings is 1. The maximum atomic E-state index is 12.8.